The third kappa shape index (κ3) is 5.12. The van der Waals surface area contributed by atoms with E-state index in [1.165, 1.54) is 0 Å². The van der Waals surface area contributed by atoms with E-state index >= 15 is 0 Å². The lowest BCUT2D eigenvalue weighted by molar-refractivity contribution is -0.151. The molecule has 0 spiro atoms. The number of ether oxygens (including phenoxy) is 2. The van der Waals surface area contributed by atoms with Crippen LogP contribution in [0.25, 0.3) is 0 Å². The second-order valence-electron chi connectivity index (χ2n) is 7.45. The molecule has 3 aromatic rings. The second kappa shape index (κ2) is 9.53. The van der Waals surface area contributed by atoms with Crippen LogP contribution < -0.4 is 0 Å². The summed E-state index contributed by atoms with van der Waals surface area (Å²) in [6.45, 7) is 8.49. The molecule has 150 valence electrons. The number of hydrogen-bond acceptors (Lipinski definition) is 3. The highest BCUT2D eigenvalue weighted by Crippen LogP contribution is 2.34. The van der Waals surface area contributed by atoms with E-state index in [2.05, 4.69) is 52.0 Å². The first-order valence-corrected chi connectivity index (χ1v) is 9.90. The molecule has 0 saturated carbocycles. The van der Waals surface area contributed by atoms with Gasteiger partial charge in [-0.3, -0.25) is 0 Å². The lowest BCUT2D eigenvalue weighted by Crippen LogP contribution is -2.19. The normalized spacial score (nSPS) is 10.9. The number of carbonyl (C=O) groups is 1. The summed E-state index contributed by atoms with van der Waals surface area (Å²) < 4.78 is 11.6. The molecule has 3 aromatic carbocycles. The van der Waals surface area contributed by atoms with E-state index in [9.17, 15) is 4.79 Å². The van der Waals surface area contributed by atoms with E-state index in [1.54, 1.807) is 0 Å². The van der Waals surface area contributed by atoms with Crippen LogP contribution in [-0.4, -0.2) is 12.6 Å². The average Bonchev–Trinajstić information content (AvgIpc) is 2.70. The van der Waals surface area contributed by atoms with Gasteiger partial charge >= 0.3 is 5.97 Å². The van der Waals surface area contributed by atoms with Gasteiger partial charge < -0.3 is 9.47 Å². The quantitative estimate of drug-likeness (QED) is 0.482. The molecule has 0 unspecified atom stereocenters. The summed E-state index contributed by atoms with van der Waals surface area (Å²) in [6, 6.07) is 22.1. The molecule has 0 aromatic heterocycles. The molecule has 0 atom stereocenters. The Balaban J connectivity index is 1.82. The topological polar surface area (TPSA) is 35.5 Å². The number of rotatable bonds is 7. The fourth-order valence-corrected chi connectivity index (χ4v) is 3.72. The number of aryl methyl sites for hydroxylation is 4. The minimum absolute atomic E-state index is 0.0982. The molecule has 0 N–H and O–H groups in total. The molecule has 0 aliphatic rings. The maximum absolute atomic E-state index is 12.4. The van der Waals surface area contributed by atoms with Gasteiger partial charge in [0.25, 0.3) is 0 Å². The van der Waals surface area contributed by atoms with Gasteiger partial charge in [0, 0.05) is 0 Å². The van der Waals surface area contributed by atoms with Crippen molar-refractivity contribution >= 4 is 5.97 Å². The molecule has 0 amide bonds. The molecule has 0 fully saturated rings. The second-order valence-corrected chi connectivity index (χ2v) is 7.45. The number of esters is 1. The van der Waals surface area contributed by atoms with E-state index in [1.807, 2.05) is 42.5 Å². The molecule has 0 bridgehead atoms. The molecular formula is C26H28O3. The van der Waals surface area contributed by atoms with Crippen LogP contribution in [0.3, 0.4) is 0 Å². The Bertz CT molecular complexity index is 884. The minimum atomic E-state index is -0.365. The molecule has 29 heavy (non-hydrogen) atoms. The number of benzene rings is 3. The predicted octanol–water partition coefficient (Wildman–Crippen LogP) is 5.77. The van der Waals surface area contributed by atoms with Crippen molar-refractivity contribution in [2.45, 2.75) is 40.4 Å². The average molecular weight is 389 g/mol. The number of hydrogen-bond donors (Lipinski definition) is 0. The highest BCUT2D eigenvalue weighted by atomic mass is 16.6. The summed E-state index contributed by atoms with van der Waals surface area (Å²) in [5, 5.41) is 0. The monoisotopic (exact) mass is 388 g/mol. The first-order valence-electron chi connectivity index (χ1n) is 9.90. The zero-order valence-electron chi connectivity index (χ0n) is 17.6. The standard InChI is InChI=1S/C26H28O3/c1-18-10-8-11-19(2)24(18)26(25-20(3)12-9-13-21(25)4)29-17-23(27)28-16-22-14-6-5-7-15-22/h5-15,26H,16-17H2,1-4H3. The van der Waals surface area contributed by atoms with Crippen molar-refractivity contribution in [2.24, 2.45) is 0 Å². The Hall–Kier alpha value is -2.91. The SMILES string of the molecule is Cc1cccc(C)c1C(OCC(=O)OCc1ccccc1)c1c(C)cccc1C. The first-order chi connectivity index (χ1) is 14.0. The summed E-state index contributed by atoms with van der Waals surface area (Å²) >= 11 is 0. The maximum Gasteiger partial charge on any atom is 0.332 e. The summed E-state index contributed by atoms with van der Waals surface area (Å²) in [7, 11) is 0. The Morgan fingerprint density at radius 1 is 0.724 bits per heavy atom. The smallest absolute Gasteiger partial charge is 0.332 e. The van der Waals surface area contributed by atoms with Crippen molar-refractivity contribution in [3.8, 4) is 0 Å². The molecular weight excluding hydrogens is 360 g/mol. The fourth-order valence-electron chi connectivity index (χ4n) is 3.72. The van der Waals surface area contributed by atoms with Crippen molar-refractivity contribution < 1.29 is 14.3 Å². The van der Waals surface area contributed by atoms with E-state index in [0.29, 0.717) is 0 Å². The Labute approximate surface area is 173 Å². The predicted molar refractivity (Wildman–Crippen MR) is 116 cm³/mol. The molecule has 0 radical (unpaired) electrons. The van der Waals surface area contributed by atoms with Crippen LogP contribution in [0.1, 0.15) is 45.0 Å². The zero-order valence-corrected chi connectivity index (χ0v) is 17.6. The van der Waals surface area contributed by atoms with Crippen LogP contribution in [-0.2, 0) is 20.9 Å². The van der Waals surface area contributed by atoms with E-state index in [4.69, 9.17) is 9.47 Å². The minimum Gasteiger partial charge on any atom is -0.459 e. The summed E-state index contributed by atoms with van der Waals surface area (Å²) in [4.78, 5) is 12.4. The molecule has 3 heteroatoms. The lowest BCUT2D eigenvalue weighted by atomic mass is 9.89. The van der Waals surface area contributed by atoms with Crippen molar-refractivity contribution in [2.75, 3.05) is 6.61 Å². The molecule has 3 rings (SSSR count). The van der Waals surface area contributed by atoms with E-state index in [-0.39, 0.29) is 25.3 Å². The first kappa shape index (κ1) is 20.8. The largest absolute Gasteiger partial charge is 0.459 e. The van der Waals surface area contributed by atoms with Gasteiger partial charge in [0.1, 0.15) is 19.3 Å². The van der Waals surface area contributed by atoms with Crippen LogP contribution >= 0.6 is 0 Å². The van der Waals surface area contributed by atoms with Crippen molar-refractivity contribution in [1.29, 1.82) is 0 Å². The molecule has 0 aliphatic heterocycles. The Morgan fingerprint density at radius 2 is 1.21 bits per heavy atom. The highest BCUT2D eigenvalue weighted by Gasteiger charge is 2.23. The van der Waals surface area contributed by atoms with Gasteiger partial charge in [0.2, 0.25) is 0 Å². The van der Waals surface area contributed by atoms with Gasteiger partial charge in [-0.15, -0.1) is 0 Å². The van der Waals surface area contributed by atoms with E-state index in [0.717, 1.165) is 38.9 Å². The van der Waals surface area contributed by atoms with Gasteiger partial charge in [0.15, 0.2) is 0 Å². The van der Waals surface area contributed by atoms with Crippen molar-refractivity contribution in [1.82, 2.24) is 0 Å². The highest BCUT2D eigenvalue weighted by molar-refractivity contribution is 5.70. The molecule has 0 heterocycles. The van der Waals surface area contributed by atoms with Crippen molar-refractivity contribution in [3.05, 3.63) is 106 Å². The van der Waals surface area contributed by atoms with Crippen LogP contribution in [0.2, 0.25) is 0 Å². The third-order valence-electron chi connectivity index (χ3n) is 5.22. The van der Waals surface area contributed by atoms with Crippen molar-refractivity contribution in [3.63, 3.8) is 0 Å². The van der Waals surface area contributed by atoms with Crippen LogP contribution in [0.15, 0.2) is 66.7 Å². The summed E-state index contributed by atoms with van der Waals surface area (Å²) in [6.07, 6.45) is -0.318. The van der Waals surface area contributed by atoms with Gasteiger partial charge in [-0.25, -0.2) is 4.79 Å². The van der Waals surface area contributed by atoms with E-state index < -0.39 is 0 Å². The Morgan fingerprint density at radius 3 is 1.69 bits per heavy atom. The Kier molecular flexibility index (Phi) is 6.84. The third-order valence-corrected chi connectivity index (χ3v) is 5.22. The zero-order chi connectivity index (χ0) is 20.8. The molecule has 0 aliphatic carbocycles. The maximum atomic E-state index is 12.4. The van der Waals surface area contributed by atoms with Gasteiger partial charge in [-0.2, -0.15) is 0 Å². The summed E-state index contributed by atoms with van der Waals surface area (Å²) in [5.74, 6) is -0.365. The van der Waals surface area contributed by atoms with Gasteiger partial charge in [-0.1, -0.05) is 66.7 Å². The van der Waals surface area contributed by atoms with Crippen LogP contribution in [0, 0.1) is 27.7 Å². The van der Waals surface area contributed by atoms with Gasteiger partial charge in [-0.05, 0) is 66.6 Å². The van der Waals surface area contributed by atoms with Crippen LogP contribution in [0.4, 0.5) is 0 Å². The van der Waals surface area contributed by atoms with Crippen LogP contribution in [0.5, 0.6) is 0 Å². The molecule has 3 nitrogen and oxygen atoms in total. The molecule has 0 saturated heterocycles. The summed E-state index contributed by atoms with van der Waals surface area (Å²) in [5.41, 5.74) is 7.78. The number of carbonyl (C=O) groups excluding carboxylic acids is 1. The van der Waals surface area contributed by atoms with Gasteiger partial charge in [0.05, 0.1) is 0 Å². The fraction of sp³-hybridized carbons (Fsp3) is 0.269. The lowest BCUT2D eigenvalue weighted by Gasteiger charge is -2.25.